The standard InChI is InChI=1S/C15H26N2O/c1-6-8-17(9-7-2)15(18)11-14-10-12(3)16(5)13(14)4/h10H,6-9,11H2,1-5H3. The smallest absolute Gasteiger partial charge is 0.227 e. The van der Waals surface area contributed by atoms with Crippen molar-refractivity contribution in [2.75, 3.05) is 13.1 Å². The predicted octanol–water partition coefficient (Wildman–Crippen LogP) is 2.83. The molecule has 0 aliphatic rings. The van der Waals surface area contributed by atoms with Gasteiger partial charge in [-0.25, -0.2) is 0 Å². The van der Waals surface area contributed by atoms with Crippen LogP contribution in [0.2, 0.25) is 0 Å². The molecule has 0 unspecified atom stereocenters. The molecular weight excluding hydrogens is 224 g/mol. The van der Waals surface area contributed by atoms with E-state index in [0.29, 0.717) is 6.42 Å². The second-order valence-electron chi connectivity index (χ2n) is 5.01. The molecule has 1 heterocycles. The Morgan fingerprint density at radius 1 is 1.22 bits per heavy atom. The zero-order chi connectivity index (χ0) is 13.7. The third-order valence-electron chi connectivity index (χ3n) is 3.56. The van der Waals surface area contributed by atoms with Gasteiger partial charge in [-0.3, -0.25) is 4.79 Å². The molecule has 0 N–H and O–H groups in total. The van der Waals surface area contributed by atoms with Crippen molar-refractivity contribution in [3.8, 4) is 0 Å². The van der Waals surface area contributed by atoms with Crippen molar-refractivity contribution in [1.29, 1.82) is 0 Å². The molecule has 0 radical (unpaired) electrons. The van der Waals surface area contributed by atoms with E-state index in [2.05, 4.69) is 45.4 Å². The minimum absolute atomic E-state index is 0.257. The number of amides is 1. The van der Waals surface area contributed by atoms with Crippen LogP contribution in [-0.4, -0.2) is 28.5 Å². The van der Waals surface area contributed by atoms with Gasteiger partial charge in [0.1, 0.15) is 0 Å². The van der Waals surface area contributed by atoms with Crippen molar-refractivity contribution < 1.29 is 4.79 Å². The molecule has 1 amide bonds. The molecule has 3 heteroatoms. The van der Waals surface area contributed by atoms with Crippen LogP contribution in [0.25, 0.3) is 0 Å². The lowest BCUT2D eigenvalue weighted by atomic mass is 10.1. The minimum atomic E-state index is 0.257. The lowest BCUT2D eigenvalue weighted by Crippen LogP contribution is -2.33. The van der Waals surface area contributed by atoms with E-state index in [9.17, 15) is 4.79 Å². The minimum Gasteiger partial charge on any atom is -0.352 e. The average molecular weight is 250 g/mol. The Morgan fingerprint density at radius 2 is 1.78 bits per heavy atom. The zero-order valence-corrected chi connectivity index (χ0v) is 12.4. The molecule has 0 atom stereocenters. The lowest BCUT2D eigenvalue weighted by Gasteiger charge is -2.21. The Morgan fingerprint density at radius 3 is 2.17 bits per heavy atom. The molecular formula is C15H26N2O. The van der Waals surface area contributed by atoms with Crippen LogP contribution in [0.4, 0.5) is 0 Å². The third kappa shape index (κ3) is 3.37. The van der Waals surface area contributed by atoms with Gasteiger partial charge in [0.15, 0.2) is 0 Å². The van der Waals surface area contributed by atoms with E-state index in [1.807, 2.05) is 4.90 Å². The number of nitrogens with zero attached hydrogens (tertiary/aromatic N) is 2. The Labute approximate surface area is 111 Å². The number of carbonyl (C=O) groups excluding carboxylic acids is 1. The van der Waals surface area contributed by atoms with Gasteiger partial charge in [-0.15, -0.1) is 0 Å². The Hall–Kier alpha value is -1.25. The van der Waals surface area contributed by atoms with E-state index in [0.717, 1.165) is 31.5 Å². The van der Waals surface area contributed by atoms with Crippen LogP contribution in [0, 0.1) is 13.8 Å². The summed E-state index contributed by atoms with van der Waals surface area (Å²) in [6.45, 7) is 10.1. The molecule has 1 aromatic heterocycles. The number of aryl methyl sites for hydroxylation is 1. The van der Waals surface area contributed by atoms with Gasteiger partial charge in [0.25, 0.3) is 0 Å². The summed E-state index contributed by atoms with van der Waals surface area (Å²) in [4.78, 5) is 14.3. The van der Waals surface area contributed by atoms with Gasteiger partial charge in [-0.2, -0.15) is 0 Å². The topological polar surface area (TPSA) is 25.2 Å². The average Bonchev–Trinajstić information content (AvgIpc) is 2.57. The van der Waals surface area contributed by atoms with Crippen LogP contribution in [0.15, 0.2) is 6.07 Å². The molecule has 0 aliphatic carbocycles. The van der Waals surface area contributed by atoms with Crippen LogP contribution in [-0.2, 0) is 18.3 Å². The number of aromatic nitrogens is 1. The molecule has 0 bridgehead atoms. The van der Waals surface area contributed by atoms with Crippen molar-refractivity contribution in [3.05, 3.63) is 23.0 Å². The highest BCUT2D eigenvalue weighted by atomic mass is 16.2. The van der Waals surface area contributed by atoms with E-state index in [1.54, 1.807) is 0 Å². The van der Waals surface area contributed by atoms with E-state index in [4.69, 9.17) is 0 Å². The third-order valence-corrected chi connectivity index (χ3v) is 3.56. The van der Waals surface area contributed by atoms with Gasteiger partial charge in [0.2, 0.25) is 5.91 Å². The first-order chi connectivity index (χ1) is 8.51. The first-order valence-corrected chi connectivity index (χ1v) is 6.90. The van der Waals surface area contributed by atoms with Crippen molar-refractivity contribution in [2.45, 2.75) is 47.0 Å². The van der Waals surface area contributed by atoms with Gasteiger partial charge in [0, 0.05) is 31.5 Å². The van der Waals surface area contributed by atoms with Crippen molar-refractivity contribution in [3.63, 3.8) is 0 Å². The van der Waals surface area contributed by atoms with E-state index >= 15 is 0 Å². The summed E-state index contributed by atoms with van der Waals surface area (Å²) in [7, 11) is 2.05. The Bertz CT molecular complexity index is 401. The first-order valence-electron chi connectivity index (χ1n) is 6.90. The second kappa shape index (κ2) is 6.62. The maximum Gasteiger partial charge on any atom is 0.227 e. The summed E-state index contributed by atoms with van der Waals surface area (Å²) in [6.07, 6.45) is 2.59. The number of hydrogen-bond donors (Lipinski definition) is 0. The maximum atomic E-state index is 12.3. The highest BCUT2D eigenvalue weighted by Crippen LogP contribution is 2.15. The van der Waals surface area contributed by atoms with Crippen molar-refractivity contribution in [1.82, 2.24) is 9.47 Å². The second-order valence-corrected chi connectivity index (χ2v) is 5.01. The SMILES string of the molecule is CCCN(CCC)C(=O)Cc1cc(C)n(C)c1C. The van der Waals surface area contributed by atoms with Crippen LogP contribution >= 0.6 is 0 Å². The number of rotatable bonds is 6. The van der Waals surface area contributed by atoms with Crippen LogP contribution in [0.3, 0.4) is 0 Å². The quantitative estimate of drug-likeness (QED) is 0.762. The molecule has 0 fully saturated rings. The van der Waals surface area contributed by atoms with Gasteiger partial charge >= 0.3 is 0 Å². The molecule has 1 rings (SSSR count). The summed E-state index contributed by atoms with van der Waals surface area (Å²) in [6, 6.07) is 2.13. The monoisotopic (exact) mass is 250 g/mol. The van der Waals surface area contributed by atoms with Crippen molar-refractivity contribution in [2.24, 2.45) is 7.05 Å². The normalized spacial score (nSPS) is 10.7. The maximum absolute atomic E-state index is 12.3. The van der Waals surface area contributed by atoms with Crippen LogP contribution in [0.1, 0.15) is 43.6 Å². The number of hydrogen-bond acceptors (Lipinski definition) is 1. The fourth-order valence-electron chi connectivity index (χ4n) is 2.29. The highest BCUT2D eigenvalue weighted by molar-refractivity contribution is 5.79. The Balaban J connectivity index is 2.75. The molecule has 0 aliphatic heterocycles. The van der Waals surface area contributed by atoms with E-state index in [-0.39, 0.29) is 5.91 Å². The molecule has 0 saturated carbocycles. The summed E-state index contributed by atoms with van der Waals surface area (Å²) >= 11 is 0. The molecule has 18 heavy (non-hydrogen) atoms. The predicted molar refractivity (Wildman–Crippen MR) is 75.8 cm³/mol. The van der Waals surface area contributed by atoms with Crippen LogP contribution < -0.4 is 0 Å². The van der Waals surface area contributed by atoms with E-state index in [1.165, 1.54) is 11.4 Å². The van der Waals surface area contributed by atoms with Gasteiger partial charge in [-0.1, -0.05) is 13.8 Å². The van der Waals surface area contributed by atoms with Gasteiger partial charge in [0.05, 0.1) is 6.42 Å². The molecule has 3 nitrogen and oxygen atoms in total. The molecule has 0 aromatic carbocycles. The Kier molecular flexibility index (Phi) is 5.45. The fourth-order valence-corrected chi connectivity index (χ4v) is 2.29. The first kappa shape index (κ1) is 14.8. The van der Waals surface area contributed by atoms with Gasteiger partial charge in [-0.05, 0) is 38.3 Å². The molecule has 0 saturated heterocycles. The van der Waals surface area contributed by atoms with E-state index < -0.39 is 0 Å². The summed E-state index contributed by atoms with van der Waals surface area (Å²) in [5.41, 5.74) is 3.58. The van der Waals surface area contributed by atoms with Crippen LogP contribution in [0.5, 0.6) is 0 Å². The zero-order valence-electron chi connectivity index (χ0n) is 12.4. The summed E-state index contributed by atoms with van der Waals surface area (Å²) in [5, 5.41) is 0. The largest absolute Gasteiger partial charge is 0.352 e. The fraction of sp³-hybridized carbons (Fsp3) is 0.667. The van der Waals surface area contributed by atoms with Crippen molar-refractivity contribution >= 4 is 5.91 Å². The highest BCUT2D eigenvalue weighted by Gasteiger charge is 2.15. The molecule has 102 valence electrons. The number of carbonyl (C=O) groups is 1. The summed E-state index contributed by atoms with van der Waals surface area (Å²) < 4.78 is 2.15. The molecule has 0 spiro atoms. The lowest BCUT2D eigenvalue weighted by molar-refractivity contribution is -0.130. The van der Waals surface area contributed by atoms with Gasteiger partial charge < -0.3 is 9.47 Å². The molecule has 1 aromatic rings. The summed E-state index contributed by atoms with van der Waals surface area (Å²) in [5.74, 6) is 0.257.